The van der Waals surface area contributed by atoms with Crippen molar-refractivity contribution >= 4 is 29.1 Å². The zero-order valence-corrected chi connectivity index (χ0v) is 17.7. The summed E-state index contributed by atoms with van der Waals surface area (Å²) in [5, 5.41) is 8.04. The molecular formula is C24H23N3O5. The number of amides is 3. The fourth-order valence-corrected chi connectivity index (χ4v) is 2.87. The van der Waals surface area contributed by atoms with E-state index < -0.39 is 0 Å². The van der Waals surface area contributed by atoms with Gasteiger partial charge in [0.15, 0.2) is 11.5 Å². The monoisotopic (exact) mass is 433 g/mol. The highest BCUT2D eigenvalue weighted by Crippen LogP contribution is 2.28. The van der Waals surface area contributed by atoms with E-state index in [1.54, 1.807) is 66.7 Å². The lowest BCUT2D eigenvalue weighted by atomic mass is 10.1. The summed E-state index contributed by atoms with van der Waals surface area (Å²) in [6.45, 7) is -0.161. The Labute approximate surface area is 185 Å². The minimum absolute atomic E-state index is 0.161. The van der Waals surface area contributed by atoms with E-state index in [1.165, 1.54) is 14.2 Å². The summed E-state index contributed by atoms with van der Waals surface area (Å²) in [6, 6.07) is 20.2. The first-order valence-corrected chi connectivity index (χ1v) is 9.76. The molecule has 32 heavy (non-hydrogen) atoms. The summed E-state index contributed by atoms with van der Waals surface area (Å²) < 4.78 is 10.4. The van der Waals surface area contributed by atoms with Crippen LogP contribution in [0.2, 0.25) is 0 Å². The first kappa shape index (κ1) is 22.4. The van der Waals surface area contributed by atoms with Gasteiger partial charge < -0.3 is 25.4 Å². The molecule has 8 nitrogen and oxygen atoms in total. The van der Waals surface area contributed by atoms with E-state index >= 15 is 0 Å². The Kier molecular flexibility index (Phi) is 7.42. The normalized spacial score (nSPS) is 10.1. The van der Waals surface area contributed by atoms with E-state index in [1.807, 2.05) is 6.07 Å². The van der Waals surface area contributed by atoms with Gasteiger partial charge in [-0.25, -0.2) is 0 Å². The summed E-state index contributed by atoms with van der Waals surface area (Å²) in [6.07, 6.45) is 0. The summed E-state index contributed by atoms with van der Waals surface area (Å²) in [4.78, 5) is 36.6. The van der Waals surface area contributed by atoms with Crippen molar-refractivity contribution < 1.29 is 23.9 Å². The van der Waals surface area contributed by atoms with E-state index in [4.69, 9.17) is 9.47 Å². The van der Waals surface area contributed by atoms with Crippen LogP contribution < -0.4 is 25.4 Å². The van der Waals surface area contributed by atoms with E-state index in [0.29, 0.717) is 34.0 Å². The van der Waals surface area contributed by atoms with Crippen molar-refractivity contribution in [1.82, 2.24) is 5.32 Å². The average Bonchev–Trinajstić information content (AvgIpc) is 2.83. The molecule has 0 bridgehead atoms. The first-order valence-electron chi connectivity index (χ1n) is 9.76. The second kappa shape index (κ2) is 10.6. The van der Waals surface area contributed by atoms with Crippen molar-refractivity contribution in [3.05, 3.63) is 83.9 Å². The molecular weight excluding hydrogens is 410 g/mol. The second-order valence-electron chi connectivity index (χ2n) is 6.70. The lowest BCUT2D eigenvalue weighted by Crippen LogP contribution is -2.32. The maximum Gasteiger partial charge on any atom is 0.255 e. The van der Waals surface area contributed by atoms with Crippen LogP contribution in [0.25, 0.3) is 0 Å². The van der Waals surface area contributed by atoms with Crippen molar-refractivity contribution in [3.8, 4) is 11.5 Å². The van der Waals surface area contributed by atoms with Gasteiger partial charge in [0, 0.05) is 22.5 Å². The highest BCUT2D eigenvalue weighted by molar-refractivity contribution is 6.05. The molecule has 0 atom stereocenters. The van der Waals surface area contributed by atoms with Gasteiger partial charge in [0.1, 0.15) is 0 Å². The van der Waals surface area contributed by atoms with Crippen LogP contribution in [0.4, 0.5) is 11.4 Å². The third-order valence-electron chi connectivity index (χ3n) is 4.52. The first-order chi connectivity index (χ1) is 15.5. The molecule has 3 N–H and O–H groups in total. The number of ether oxygens (including phenoxy) is 2. The number of carbonyl (C=O) groups is 3. The van der Waals surface area contributed by atoms with Gasteiger partial charge in [-0.05, 0) is 54.6 Å². The highest BCUT2D eigenvalue weighted by Gasteiger charge is 2.12. The zero-order chi connectivity index (χ0) is 22.9. The van der Waals surface area contributed by atoms with Gasteiger partial charge >= 0.3 is 0 Å². The SMILES string of the molecule is COc1ccc(C(=O)Nc2ccc(NC(=O)CNC(=O)c3ccccc3)cc2)cc1OC. The predicted molar refractivity (Wildman–Crippen MR) is 121 cm³/mol. The number of rotatable bonds is 8. The summed E-state index contributed by atoms with van der Waals surface area (Å²) >= 11 is 0. The lowest BCUT2D eigenvalue weighted by Gasteiger charge is -2.11. The lowest BCUT2D eigenvalue weighted by molar-refractivity contribution is -0.115. The standard InChI is InChI=1S/C24H23N3O5/c1-31-20-13-8-17(14-21(20)32-2)24(30)27-19-11-9-18(10-12-19)26-22(28)15-25-23(29)16-6-4-3-5-7-16/h3-14H,15H2,1-2H3,(H,25,29)(H,26,28)(H,27,30). The van der Waals surface area contributed by atoms with Gasteiger partial charge in [-0.1, -0.05) is 18.2 Å². The third kappa shape index (κ3) is 5.85. The van der Waals surface area contributed by atoms with Crippen LogP contribution >= 0.6 is 0 Å². The quantitative estimate of drug-likeness (QED) is 0.505. The Morgan fingerprint density at radius 1 is 0.688 bits per heavy atom. The van der Waals surface area contributed by atoms with Crippen LogP contribution in [0.1, 0.15) is 20.7 Å². The molecule has 0 heterocycles. The van der Waals surface area contributed by atoms with Gasteiger partial charge in [-0.2, -0.15) is 0 Å². The molecule has 3 aromatic carbocycles. The third-order valence-corrected chi connectivity index (χ3v) is 4.52. The number of anilines is 2. The van der Waals surface area contributed by atoms with Gasteiger partial charge in [0.2, 0.25) is 5.91 Å². The molecule has 0 aliphatic heterocycles. The Bertz CT molecular complexity index is 1100. The van der Waals surface area contributed by atoms with E-state index in [-0.39, 0.29) is 24.3 Å². The molecule has 0 aromatic heterocycles. The summed E-state index contributed by atoms with van der Waals surface area (Å²) in [5.74, 6) is -0.0154. The smallest absolute Gasteiger partial charge is 0.255 e. The number of hydrogen-bond acceptors (Lipinski definition) is 5. The second-order valence-corrected chi connectivity index (χ2v) is 6.70. The zero-order valence-electron chi connectivity index (χ0n) is 17.7. The number of methoxy groups -OCH3 is 2. The molecule has 0 spiro atoms. The van der Waals surface area contributed by atoms with E-state index in [9.17, 15) is 14.4 Å². The maximum atomic E-state index is 12.5. The van der Waals surface area contributed by atoms with Crippen molar-refractivity contribution in [2.75, 3.05) is 31.4 Å². The van der Waals surface area contributed by atoms with Crippen LogP contribution in [0.3, 0.4) is 0 Å². The Morgan fingerprint density at radius 2 is 1.31 bits per heavy atom. The Morgan fingerprint density at radius 3 is 1.94 bits per heavy atom. The molecule has 0 saturated heterocycles. The molecule has 0 unspecified atom stereocenters. The molecule has 0 aliphatic carbocycles. The summed E-state index contributed by atoms with van der Waals surface area (Å²) in [7, 11) is 3.02. The van der Waals surface area contributed by atoms with Crippen LogP contribution in [-0.2, 0) is 4.79 Å². The highest BCUT2D eigenvalue weighted by atomic mass is 16.5. The number of hydrogen-bond donors (Lipinski definition) is 3. The van der Waals surface area contributed by atoms with Gasteiger partial charge in [-0.15, -0.1) is 0 Å². The number of benzene rings is 3. The minimum Gasteiger partial charge on any atom is -0.493 e. The van der Waals surface area contributed by atoms with Crippen LogP contribution in [0.15, 0.2) is 72.8 Å². The molecule has 3 amide bonds. The van der Waals surface area contributed by atoms with Crippen LogP contribution in [0, 0.1) is 0 Å². The molecule has 3 aromatic rings. The van der Waals surface area contributed by atoms with Crippen molar-refractivity contribution in [2.45, 2.75) is 0 Å². The minimum atomic E-state index is -0.364. The van der Waals surface area contributed by atoms with Crippen LogP contribution in [-0.4, -0.2) is 38.5 Å². The summed E-state index contributed by atoms with van der Waals surface area (Å²) in [5.41, 5.74) is 1.98. The number of nitrogens with one attached hydrogen (secondary N) is 3. The molecule has 8 heteroatoms. The predicted octanol–water partition coefficient (Wildman–Crippen LogP) is 3.32. The molecule has 0 aliphatic rings. The molecule has 3 rings (SSSR count). The Hall–Kier alpha value is -4.33. The van der Waals surface area contributed by atoms with Crippen molar-refractivity contribution in [3.63, 3.8) is 0 Å². The van der Waals surface area contributed by atoms with Crippen molar-refractivity contribution in [2.24, 2.45) is 0 Å². The van der Waals surface area contributed by atoms with Crippen LogP contribution in [0.5, 0.6) is 11.5 Å². The molecule has 0 saturated carbocycles. The van der Waals surface area contributed by atoms with Crippen molar-refractivity contribution in [1.29, 1.82) is 0 Å². The fourth-order valence-electron chi connectivity index (χ4n) is 2.87. The van der Waals surface area contributed by atoms with E-state index in [0.717, 1.165) is 0 Å². The van der Waals surface area contributed by atoms with E-state index in [2.05, 4.69) is 16.0 Å². The molecule has 0 fully saturated rings. The number of carbonyl (C=O) groups excluding carboxylic acids is 3. The van der Waals surface area contributed by atoms with Gasteiger partial charge in [0.25, 0.3) is 11.8 Å². The van der Waals surface area contributed by atoms with Gasteiger partial charge in [-0.3, -0.25) is 14.4 Å². The fraction of sp³-hybridized carbons (Fsp3) is 0.125. The largest absolute Gasteiger partial charge is 0.493 e. The Balaban J connectivity index is 1.53. The molecule has 0 radical (unpaired) electrons. The maximum absolute atomic E-state index is 12.5. The van der Waals surface area contributed by atoms with Gasteiger partial charge in [0.05, 0.1) is 20.8 Å². The topological polar surface area (TPSA) is 106 Å². The average molecular weight is 433 g/mol. The molecule has 164 valence electrons.